The van der Waals surface area contributed by atoms with Crippen LogP contribution in [0.15, 0.2) is 77.3 Å². The fourth-order valence-corrected chi connectivity index (χ4v) is 5.32. The summed E-state index contributed by atoms with van der Waals surface area (Å²) in [5, 5.41) is 3.21. The molecular weight excluding hydrogens is 410 g/mol. The number of hydrogen-bond donors (Lipinski definition) is 1. The number of amides is 1. The Hall–Kier alpha value is -2.39. The molecule has 0 saturated heterocycles. The first kappa shape index (κ1) is 17.7. The van der Waals surface area contributed by atoms with Crippen LogP contribution in [-0.2, 0) is 11.2 Å². The lowest BCUT2D eigenvalue weighted by atomic mass is 9.59. The molecule has 1 unspecified atom stereocenters. The molecule has 1 N–H and O–H groups in total. The molecule has 3 aromatic carbocycles. The van der Waals surface area contributed by atoms with E-state index in [0.717, 1.165) is 23.0 Å². The predicted octanol–water partition coefficient (Wildman–Crippen LogP) is 5.41. The Kier molecular flexibility index (Phi) is 4.56. The summed E-state index contributed by atoms with van der Waals surface area (Å²) in [5.74, 6) is 1.38. The van der Waals surface area contributed by atoms with E-state index in [-0.39, 0.29) is 5.91 Å². The van der Waals surface area contributed by atoms with Gasteiger partial charge in [-0.25, -0.2) is 0 Å². The summed E-state index contributed by atoms with van der Waals surface area (Å²) in [6.45, 7) is 0.735. The zero-order chi connectivity index (χ0) is 19.1. The van der Waals surface area contributed by atoms with Gasteiger partial charge in [-0.1, -0.05) is 76.6 Å². The van der Waals surface area contributed by atoms with E-state index in [1.165, 1.54) is 22.3 Å². The molecule has 28 heavy (non-hydrogen) atoms. The SMILES string of the molecule is O=C(Cc1ccc(Br)cc1)NCC1CC2c3ccccc3C1c1ccccc12. The molecule has 0 spiro atoms. The van der Waals surface area contributed by atoms with Gasteiger partial charge in [0.1, 0.15) is 0 Å². The van der Waals surface area contributed by atoms with Crippen LogP contribution in [0.3, 0.4) is 0 Å². The average Bonchev–Trinajstić information content (AvgIpc) is 2.74. The van der Waals surface area contributed by atoms with Crippen LogP contribution in [0.25, 0.3) is 0 Å². The molecule has 140 valence electrons. The van der Waals surface area contributed by atoms with E-state index in [9.17, 15) is 4.79 Å². The molecule has 1 amide bonds. The quantitative estimate of drug-likeness (QED) is 0.587. The van der Waals surface area contributed by atoms with Gasteiger partial charge < -0.3 is 5.32 Å². The van der Waals surface area contributed by atoms with Crippen molar-refractivity contribution in [3.63, 3.8) is 0 Å². The van der Waals surface area contributed by atoms with Gasteiger partial charge in [0.05, 0.1) is 6.42 Å². The lowest BCUT2D eigenvalue weighted by Gasteiger charge is -2.45. The third-order valence-corrected chi connectivity index (χ3v) is 6.79. The van der Waals surface area contributed by atoms with Crippen molar-refractivity contribution < 1.29 is 4.79 Å². The molecule has 6 rings (SSSR count). The van der Waals surface area contributed by atoms with Crippen molar-refractivity contribution in [2.45, 2.75) is 24.7 Å². The minimum absolute atomic E-state index is 0.102. The maximum Gasteiger partial charge on any atom is 0.224 e. The molecule has 3 heteroatoms. The monoisotopic (exact) mass is 431 g/mol. The number of carbonyl (C=O) groups excluding carboxylic acids is 1. The number of halogens is 1. The number of rotatable bonds is 4. The van der Waals surface area contributed by atoms with E-state index in [0.29, 0.717) is 24.2 Å². The van der Waals surface area contributed by atoms with Crippen LogP contribution in [-0.4, -0.2) is 12.5 Å². The number of carbonyl (C=O) groups is 1. The molecule has 0 aromatic heterocycles. The lowest BCUT2D eigenvalue weighted by Crippen LogP contribution is -2.39. The van der Waals surface area contributed by atoms with Crippen LogP contribution in [0.1, 0.15) is 46.1 Å². The largest absolute Gasteiger partial charge is 0.356 e. The summed E-state index contributed by atoms with van der Waals surface area (Å²) in [5.41, 5.74) is 6.89. The lowest BCUT2D eigenvalue weighted by molar-refractivity contribution is -0.120. The Bertz CT molecular complexity index is 979. The summed E-state index contributed by atoms with van der Waals surface area (Å²) in [6.07, 6.45) is 1.54. The van der Waals surface area contributed by atoms with E-state index < -0.39 is 0 Å². The number of hydrogen-bond acceptors (Lipinski definition) is 1. The summed E-state index contributed by atoms with van der Waals surface area (Å²) >= 11 is 3.44. The van der Waals surface area contributed by atoms with Crippen molar-refractivity contribution in [3.05, 3.63) is 105 Å². The number of benzene rings is 3. The van der Waals surface area contributed by atoms with Crippen molar-refractivity contribution in [1.29, 1.82) is 0 Å². The van der Waals surface area contributed by atoms with Crippen molar-refractivity contribution in [3.8, 4) is 0 Å². The third kappa shape index (κ3) is 3.08. The third-order valence-electron chi connectivity index (χ3n) is 6.26. The standard InChI is InChI=1S/C25H22BrNO/c26-18-11-9-16(10-12-18)13-24(28)27-15-17-14-23-19-5-1-3-7-21(19)25(17)22-8-4-2-6-20(22)23/h1-12,17,23,25H,13-15H2,(H,27,28). The second kappa shape index (κ2) is 7.21. The van der Waals surface area contributed by atoms with Gasteiger partial charge in [0.15, 0.2) is 0 Å². The summed E-state index contributed by atoms with van der Waals surface area (Å²) in [4.78, 5) is 12.5. The van der Waals surface area contributed by atoms with Crippen LogP contribution >= 0.6 is 15.9 Å². The van der Waals surface area contributed by atoms with Gasteiger partial charge in [0.2, 0.25) is 5.91 Å². The fourth-order valence-electron chi connectivity index (χ4n) is 5.05. The number of nitrogens with one attached hydrogen (secondary N) is 1. The van der Waals surface area contributed by atoms with Crippen LogP contribution in [0, 0.1) is 5.92 Å². The maximum atomic E-state index is 12.5. The van der Waals surface area contributed by atoms with E-state index in [2.05, 4.69) is 69.8 Å². The highest BCUT2D eigenvalue weighted by Crippen LogP contribution is 2.55. The molecular formula is C25H22BrNO. The topological polar surface area (TPSA) is 29.1 Å². The highest BCUT2D eigenvalue weighted by atomic mass is 79.9. The molecule has 0 radical (unpaired) electrons. The van der Waals surface area contributed by atoms with Crippen molar-refractivity contribution >= 4 is 21.8 Å². The molecule has 3 aliphatic rings. The Morgan fingerprint density at radius 1 is 0.857 bits per heavy atom. The Balaban J connectivity index is 1.34. The van der Waals surface area contributed by atoms with Gasteiger partial charge in [0.25, 0.3) is 0 Å². The van der Waals surface area contributed by atoms with Crippen LogP contribution in [0.4, 0.5) is 0 Å². The molecule has 3 aromatic rings. The molecule has 3 aliphatic carbocycles. The molecule has 0 fully saturated rings. The summed E-state index contributed by atoms with van der Waals surface area (Å²) < 4.78 is 1.03. The molecule has 0 heterocycles. The Morgan fingerprint density at radius 3 is 2.04 bits per heavy atom. The first-order valence-electron chi connectivity index (χ1n) is 9.89. The van der Waals surface area contributed by atoms with E-state index in [1.807, 2.05) is 24.3 Å². The Labute approximate surface area is 174 Å². The van der Waals surface area contributed by atoms with Crippen molar-refractivity contribution in [2.75, 3.05) is 6.54 Å². The van der Waals surface area contributed by atoms with Gasteiger partial charge in [-0.15, -0.1) is 0 Å². The first-order valence-corrected chi connectivity index (χ1v) is 10.7. The van der Waals surface area contributed by atoms with Crippen LogP contribution in [0.5, 0.6) is 0 Å². The Morgan fingerprint density at radius 2 is 1.43 bits per heavy atom. The molecule has 2 bridgehead atoms. The minimum atomic E-state index is 0.102. The van der Waals surface area contributed by atoms with Crippen LogP contribution in [0.2, 0.25) is 0 Å². The predicted molar refractivity (Wildman–Crippen MR) is 116 cm³/mol. The normalized spacial score (nSPS) is 21.7. The molecule has 2 nitrogen and oxygen atoms in total. The highest BCUT2D eigenvalue weighted by Gasteiger charge is 2.42. The molecule has 0 aliphatic heterocycles. The molecule has 1 atom stereocenters. The number of fused-ring (bicyclic) bond motifs is 1. The maximum absolute atomic E-state index is 12.5. The second-order valence-corrected chi connectivity index (χ2v) is 8.81. The molecule has 0 saturated carbocycles. The average molecular weight is 432 g/mol. The van der Waals surface area contributed by atoms with Gasteiger partial charge in [-0.3, -0.25) is 4.79 Å². The van der Waals surface area contributed by atoms with Crippen molar-refractivity contribution in [1.82, 2.24) is 5.32 Å². The van der Waals surface area contributed by atoms with E-state index >= 15 is 0 Å². The fraction of sp³-hybridized carbons (Fsp3) is 0.240. The van der Waals surface area contributed by atoms with Gasteiger partial charge >= 0.3 is 0 Å². The van der Waals surface area contributed by atoms with Gasteiger partial charge in [-0.05, 0) is 52.3 Å². The van der Waals surface area contributed by atoms with E-state index in [1.54, 1.807) is 0 Å². The smallest absolute Gasteiger partial charge is 0.224 e. The van der Waals surface area contributed by atoms with Gasteiger partial charge in [-0.2, -0.15) is 0 Å². The van der Waals surface area contributed by atoms with Crippen molar-refractivity contribution in [2.24, 2.45) is 5.92 Å². The van der Waals surface area contributed by atoms with E-state index in [4.69, 9.17) is 0 Å². The first-order chi connectivity index (χ1) is 13.7. The highest BCUT2D eigenvalue weighted by molar-refractivity contribution is 9.10. The van der Waals surface area contributed by atoms with Gasteiger partial charge in [0, 0.05) is 22.9 Å². The minimum Gasteiger partial charge on any atom is -0.356 e. The van der Waals surface area contributed by atoms with Crippen LogP contribution < -0.4 is 5.32 Å². The zero-order valence-corrected chi connectivity index (χ0v) is 17.2. The second-order valence-electron chi connectivity index (χ2n) is 7.89. The zero-order valence-electron chi connectivity index (χ0n) is 15.6. The summed E-state index contributed by atoms with van der Waals surface area (Å²) in [7, 11) is 0. The summed E-state index contributed by atoms with van der Waals surface area (Å²) in [6, 6.07) is 25.7.